The summed E-state index contributed by atoms with van der Waals surface area (Å²) in [6.07, 6.45) is -1.26. The zero-order valence-electron chi connectivity index (χ0n) is 17.0. The molecular weight excluding hydrogens is 425 g/mol. The van der Waals surface area contributed by atoms with E-state index in [2.05, 4.69) is 25.5 Å². The van der Waals surface area contributed by atoms with Crippen LogP contribution in [0.25, 0.3) is 33.3 Å². The third-order valence-electron chi connectivity index (χ3n) is 4.93. The standard InChI is InChI=1S/C20H17F3N8O/c1-10-13(8-30(2)28-10)25-19-26-17(24)15-16(12-3-4-14-11(7-12)5-6-32-14)29-31(18(15)27-19)9-20(21,22)23/h3-8H,9H2,1-2H3,(H3,24,25,26,27). The molecule has 0 saturated carbocycles. The van der Waals surface area contributed by atoms with Gasteiger partial charge in [0.25, 0.3) is 0 Å². The maximum absolute atomic E-state index is 13.3. The summed E-state index contributed by atoms with van der Waals surface area (Å²) in [7, 11) is 1.75. The zero-order valence-corrected chi connectivity index (χ0v) is 17.0. The number of nitrogen functional groups attached to an aromatic ring is 1. The van der Waals surface area contributed by atoms with Crippen LogP contribution in [0.2, 0.25) is 0 Å². The molecule has 0 unspecified atom stereocenters. The Morgan fingerprint density at radius 2 is 1.97 bits per heavy atom. The van der Waals surface area contributed by atoms with E-state index in [4.69, 9.17) is 10.2 Å². The van der Waals surface area contributed by atoms with Crippen LogP contribution in [0, 0.1) is 6.92 Å². The van der Waals surface area contributed by atoms with E-state index in [1.807, 2.05) is 0 Å². The number of benzene rings is 1. The van der Waals surface area contributed by atoms with Gasteiger partial charge in [0.15, 0.2) is 5.65 Å². The summed E-state index contributed by atoms with van der Waals surface area (Å²) < 4.78 is 47.6. The Morgan fingerprint density at radius 1 is 1.16 bits per heavy atom. The van der Waals surface area contributed by atoms with Gasteiger partial charge < -0.3 is 15.5 Å². The number of hydrogen-bond acceptors (Lipinski definition) is 7. The van der Waals surface area contributed by atoms with Crippen molar-refractivity contribution < 1.29 is 17.6 Å². The van der Waals surface area contributed by atoms with Gasteiger partial charge in [-0.1, -0.05) is 0 Å². The van der Waals surface area contributed by atoms with E-state index < -0.39 is 12.7 Å². The van der Waals surface area contributed by atoms with Crippen molar-refractivity contribution in [1.82, 2.24) is 29.5 Å². The minimum atomic E-state index is -4.50. The molecule has 0 aliphatic heterocycles. The lowest BCUT2D eigenvalue weighted by Crippen LogP contribution is -2.19. The molecular formula is C20H17F3N8O. The van der Waals surface area contributed by atoms with Crippen LogP contribution in [0.5, 0.6) is 0 Å². The number of nitrogens with one attached hydrogen (secondary N) is 1. The van der Waals surface area contributed by atoms with Gasteiger partial charge in [-0.15, -0.1) is 0 Å². The van der Waals surface area contributed by atoms with Crippen LogP contribution in [0.3, 0.4) is 0 Å². The molecule has 9 nitrogen and oxygen atoms in total. The van der Waals surface area contributed by atoms with Gasteiger partial charge in [0.2, 0.25) is 5.95 Å². The third kappa shape index (κ3) is 3.49. The van der Waals surface area contributed by atoms with Crippen molar-refractivity contribution >= 4 is 39.5 Å². The van der Waals surface area contributed by atoms with E-state index >= 15 is 0 Å². The summed E-state index contributed by atoms with van der Waals surface area (Å²) in [5.74, 6) is 0.0565. The molecule has 3 N–H and O–H groups in total. The number of aryl methyl sites for hydroxylation is 2. The van der Waals surface area contributed by atoms with Crippen LogP contribution in [-0.4, -0.2) is 35.7 Å². The molecule has 1 aromatic carbocycles. The van der Waals surface area contributed by atoms with Crippen LogP contribution < -0.4 is 11.1 Å². The monoisotopic (exact) mass is 442 g/mol. The molecule has 4 aromatic heterocycles. The fourth-order valence-electron chi connectivity index (χ4n) is 3.59. The normalized spacial score (nSPS) is 12.2. The van der Waals surface area contributed by atoms with E-state index in [0.717, 1.165) is 10.1 Å². The minimum absolute atomic E-state index is 0.00904. The number of hydrogen-bond donors (Lipinski definition) is 2. The van der Waals surface area contributed by atoms with Gasteiger partial charge in [-0.3, -0.25) is 4.68 Å². The largest absolute Gasteiger partial charge is 0.464 e. The highest BCUT2D eigenvalue weighted by Crippen LogP contribution is 2.34. The SMILES string of the molecule is Cc1nn(C)cc1Nc1nc(N)c2c(-c3ccc4occc4c3)nn(CC(F)(F)F)c2n1. The minimum Gasteiger partial charge on any atom is -0.464 e. The van der Waals surface area contributed by atoms with Crippen LogP contribution >= 0.6 is 0 Å². The van der Waals surface area contributed by atoms with E-state index in [-0.39, 0.29) is 28.5 Å². The van der Waals surface area contributed by atoms with E-state index in [9.17, 15) is 13.2 Å². The molecule has 0 amide bonds. The molecule has 4 heterocycles. The van der Waals surface area contributed by atoms with Gasteiger partial charge >= 0.3 is 6.18 Å². The predicted octanol–water partition coefficient (Wildman–Crippen LogP) is 4.17. The highest BCUT2D eigenvalue weighted by Gasteiger charge is 2.31. The van der Waals surface area contributed by atoms with Gasteiger partial charge in [-0.25, -0.2) is 4.68 Å². The lowest BCUT2D eigenvalue weighted by atomic mass is 10.1. The summed E-state index contributed by atoms with van der Waals surface area (Å²) in [5, 5.41) is 12.4. The summed E-state index contributed by atoms with van der Waals surface area (Å²) >= 11 is 0. The molecule has 0 spiro atoms. The first-order valence-corrected chi connectivity index (χ1v) is 9.53. The molecule has 32 heavy (non-hydrogen) atoms. The lowest BCUT2D eigenvalue weighted by Gasteiger charge is -2.08. The van der Waals surface area contributed by atoms with Crippen LogP contribution in [-0.2, 0) is 13.6 Å². The quantitative estimate of drug-likeness (QED) is 0.430. The van der Waals surface area contributed by atoms with Crippen molar-refractivity contribution in [2.24, 2.45) is 7.05 Å². The van der Waals surface area contributed by atoms with Crippen LogP contribution in [0.1, 0.15) is 5.69 Å². The van der Waals surface area contributed by atoms with Crippen molar-refractivity contribution in [3.8, 4) is 11.3 Å². The Hall–Kier alpha value is -4.09. The maximum atomic E-state index is 13.3. The number of furan rings is 1. The number of anilines is 3. The second-order valence-electron chi connectivity index (χ2n) is 7.35. The second kappa shape index (κ2) is 6.97. The highest BCUT2D eigenvalue weighted by atomic mass is 19.4. The van der Waals surface area contributed by atoms with Crippen molar-refractivity contribution in [2.75, 3.05) is 11.1 Å². The zero-order chi connectivity index (χ0) is 22.6. The molecule has 12 heteroatoms. The molecule has 5 aromatic rings. The number of alkyl halides is 3. The number of aromatic nitrogens is 6. The summed E-state index contributed by atoms with van der Waals surface area (Å²) in [6.45, 7) is 0.460. The summed E-state index contributed by atoms with van der Waals surface area (Å²) in [5.41, 5.74) is 8.93. The molecule has 0 bridgehead atoms. The highest BCUT2D eigenvalue weighted by molar-refractivity contribution is 6.00. The Bertz CT molecular complexity index is 1460. The Kier molecular flexibility index (Phi) is 4.32. The Morgan fingerprint density at radius 3 is 2.69 bits per heavy atom. The summed E-state index contributed by atoms with van der Waals surface area (Å²) in [6, 6.07) is 6.95. The first-order valence-electron chi connectivity index (χ1n) is 9.53. The molecule has 0 radical (unpaired) electrons. The molecule has 0 aliphatic carbocycles. The number of nitrogens with zero attached hydrogens (tertiary/aromatic N) is 6. The predicted molar refractivity (Wildman–Crippen MR) is 112 cm³/mol. The smallest absolute Gasteiger partial charge is 0.408 e. The topological polar surface area (TPSA) is 113 Å². The lowest BCUT2D eigenvalue weighted by molar-refractivity contribution is -0.141. The molecule has 0 fully saturated rings. The molecule has 0 saturated heterocycles. The fourth-order valence-corrected chi connectivity index (χ4v) is 3.59. The van der Waals surface area contributed by atoms with Crippen molar-refractivity contribution in [1.29, 1.82) is 0 Å². The number of rotatable bonds is 4. The number of halogens is 3. The molecule has 5 rings (SSSR count). The van der Waals surface area contributed by atoms with Gasteiger partial charge in [0.1, 0.15) is 23.6 Å². The molecule has 164 valence electrons. The van der Waals surface area contributed by atoms with Crippen molar-refractivity contribution in [2.45, 2.75) is 19.6 Å². The van der Waals surface area contributed by atoms with Crippen molar-refractivity contribution in [3.05, 3.63) is 42.4 Å². The van der Waals surface area contributed by atoms with E-state index in [0.29, 0.717) is 22.5 Å². The molecule has 0 aliphatic rings. The second-order valence-corrected chi connectivity index (χ2v) is 7.35. The van der Waals surface area contributed by atoms with Crippen LogP contribution in [0.15, 0.2) is 41.1 Å². The maximum Gasteiger partial charge on any atom is 0.408 e. The van der Waals surface area contributed by atoms with Gasteiger partial charge in [-0.2, -0.15) is 33.3 Å². The van der Waals surface area contributed by atoms with E-state index in [1.54, 1.807) is 49.1 Å². The number of nitrogens with two attached hydrogens (primary N) is 1. The first-order chi connectivity index (χ1) is 15.2. The van der Waals surface area contributed by atoms with Gasteiger partial charge in [0.05, 0.1) is 23.0 Å². The fraction of sp³-hybridized carbons (Fsp3) is 0.200. The molecule has 0 atom stereocenters. The third-order valence-corrected chi connectivity index (χ3v) is 4.93. The van der Waals surface area contributed by atoms with Gasteiger partial charge in [-0.05, 0) is 31.2 Å². The van der Waals surface area contributed by atoms with Crippen molar-refractivity contribution in [3.63, 3.8) is 0 Å². The van der Waals surface area contributed by atoms with Gasteiger partial charge in [0, 0.05) is 24.2 Å². The number of fused-ring (bicyclic) bond motifs is 2. The Labute approximate surface area is 178 Å². The average Bonchev–Trinajstić information content (AvgIpc) is 3.38. The van der Waals surface area contributed by atoms with E-state index in [1.165, 1.54) is 6.26 Å². The average molecular weight is 442 g/mol. The summed E-state index contributed by atoms with van der Waals surface area (Å²) in [4.78, 5) is 8.57. The first kappa shape index (κ1) is 19.8. The Balaban J connectivity index is 1.68. The van der Waals surface area contributed by atoms with Crippen LogP contribution in [0.4, 0.5) is 30.6 Å².